The highest BCUT2D eigenvalue weighted by Gasteiger charge is 2.37. The van der Waals surface area contributed by atoms with E-state index in [-0.39, 0.29) is 16.1 Å². The lowest BCUT2D eigenvalue weighted by Crippen LogP contribution is -2.43. The van der Waals surface area contributed by atoms with Crippen LogP contribution in [0, 0.1) is 18.3 Å². The van der Waals surface area contributed by atoms with Gasteiger partial charge in [0.1, 0.15) is 11.8 Å². The summed E-state index contributed by atoms with van der Waals surface area (Å²) >= 11 is 0. The van der Waals surface area contributed by atoms with Crippen molar-refractivity contribution in [3.05, 3.63) is 53.1 Å². The molecule has 0 unspecified atom stereocenters. The molecule has 0 radical (unpaired) electrons. The van der Waals surface area contributed by atoms with Crippen LogP contribution in [-0.4, -0.2) is 39.4 Å². The second kappa shape index (κ2) is 10.1. The first-order valence-corrected chi connectivity index (χ1v) is 13.0. The Labute approximate surface area is 204 Å². The summed E-state index contributed by atoms with van der Waals surface area (Å²) in [5.74, 6) is 0.234. The number of alkyl halides is 2. The van der Waals surface area contributed by atoms with Gasteiger partial charge in [0.25, 0.3) is 15.9 Å². The van der Waals surface area contributed by atoms with Gasteiger partial charge in [-0.25, -0.2) is 17.2 Å². The maximum absolute atomic E-state index is 13.9. The van der Waals surface area contributed by atoms with E-state index in [9.17, 15) is 22.3 Å². The molecule has 2 aliphatic rings. The lowest BCUT2D eigenvalue weighted by molar-refractivity contribution is 0.0174. The van der Waals surface area contributed by atoms with Gasteiger partial charge in [-0.15, -0.1) is 6.42 Å². The number of sulfonamides is 1. The maximum Gasteiger partial charge on any atom is 0.270 e. The number of fused-ring (bicyclic) bond motifs is 1. The summed E-state index contributed by atoms with van der Waals surface area (Å²) in [6.45, 7) is 2.21. The molecule has 0 saturated carbocycles. The van der Waals surface area contributed by atoms with Crippen molar-refractivity contribution in [3.8, 4) is 18.1 Å². The predicted octanol–water partition coefficient (Wildman–Crippen LogP) is 4.24. The Morgan fingerprint density at radius 3 is 2.60 bits per heavy atom. The summed E-state index contributed by atoms with van der Waals surface area (Å²) in [5, 5.41) is 9.91. The Kier molecular flexibility index (Phi) is 7.36. The van der Waals surface area contributed by atoms with Crippen molar-refractivity contribution >= 4 is 15.7 Å². The minimum absolute atomic E-state index is 0.0574. The van der Waals surface area contributed by atoms with Gasteiger partial charge in [-0.2, -0.15) is 0 Å². The first-order valence-electron chi connectivity index (χ1n) is 11.6. The van der Waals surface area contributed by atoms with Crippen molar-refractivity contribution in [1.82, 2.24) is 0 Å². The number of aliphatic hydroxyl groups is 1. The molecular formula is C26H29F2NO5S. The third-order valence-electron chi connectivity index (χ3n) is 6.56. The van der Waals surface area contributed by atoms with E-state index in [1.807, 2.05) is 0 Å². The first kappa shape index (κ1) is 25.4. The molecule has 9 heteroatoms. The van der Waals surface area contributed by atoms with E-state index < -0.39 is 28.6 Å². The van der Waals surface area contributed by atoms with Crippen LogP contribution in [0.15, 0.2) is 41.3 Å². The Hall–Kier alpha value is -2.67. The van der Waals surface area contributed by atoms with Crippen LogP contribution >= 0.6 is 0 Å². The van der Waals surface area contributed by atoms with Crippen molar-refractivity contribution in [3.63, 3.8) is 0 Å². The molecule has 0 spiro atoms. The zero-order valence-electron chi connectivity index (χ0n) is 19.5. The highest BCUT2D eigenvalue weighted by molar-refractivity contribution is 7.92. The van der Waals surface area contributed by atoms with E-state index >= 15 is 0 Å². The minimum atomic E-state index is -4.15. The number of ether oxygens (including phenoxy) is 2. The summed E-state index contributed by atoms with van der Waals surface area (Å²) in [6, 6.07) is 7.54. The van der Waals surface area contributed by atoms with Crippen LogP contribution in [0.4, 0.5) is 14.5 Å². The van der Waals surface area contributed by atoms with Crippen LogP contribution < -0.4 is 9.04 Å². The van der Waals surface area contributed by atoms with Gasteiger partial charge in [0.2, 0.25) is 0 Å². The first-order chi connectivity index (χ1) is 16.6. The van der Waals surface area contributed by atoms with Gasteiger partial charge in [-0.05, 0) is 67.5 Å². The van der Waals surface area contributed by atoms with Crippen LogP contribution in [0.2, 0.25) is 0 Å². The van der Waals surface area contributed by atoms with E-state index in [2.05, 4.69) is 5.92 Å². The molecular weight excluding hydrogens is 476 g/mol. The summed E-state index contributed by atoms with van der Waals surface area (Å²) in [5.41, 5.74) is 0.949. The summed E-state index contributed by atoms with van der Waals surface area (Å²) in [4.78, 5) is -0.0574. The van der Waals surface area contributed by atoms with E-state index in [0.717, 1.165) is 24.1 Å². The van der Waals surface area contributed by atoms with E-state index in [1.165, 1.54) is 36.4 Å². The fourth-order valence-corrected chi connectivity index (χ4v) is 6.21. The number of aliphatic hydroxyl groups excluding tert-OH is 1. The molecule has 0 aliphatic carbocycles. The Balaban J connectivity index is 1.66. The number of rotatable bonds is 7. The van der Waals surface area contributed by atoms with Crippen molar-refractivity contribution in [2.75, 3.05) is 24.1 Å². The standard InChI is InChI=1S/C26H29F2NO5S/c1-3-22-6-4-19-14-21(26(2,27)28)5-8-24(19)29(22)35(31,32)23-7-9-25(20(15-23)16-30)34-17-18-10-12-33-13-11-18/h1,5,7-9,14-15,18,22,30H,4,6,10-13,16-17H2,2H3/t22-/m0/s1. The summed E-state index contributed by atoms with van der Waals surface area (Å²) < 4.78 is 67.6. The quantitative estimate of drug-likeness (QED) is 0.570. The molecule has 1 fully saturated rings. The molecule has 188 valence electrons. The monoisotopic (exact) mass is 505 g/mol. The zero-order valence-corrected chi connectivity index (χ0v) is 20.4. The largest absolute Gasteiger partial charge is 0.493 e. The smallest absolute Gasteiger partial charge is 0.270 e. The molecule has 2 aromatic carbocycles. The predicted molar refractivity (Wildman–Crippen MR) is 128 cm³/mol. The molecule has 0 bridgehead atoms. The number of aryl methyl sites for hydroxylation is 1. The lowest BCUT2D eigenvalue weighted by atomic mass is 9.95. The van der Waals surface area contributed by atoms with Crippen LogP contribution in [0.25, 0.3) is 0 Å². The second-order valence-corrected chi connectivity index (χ2v) is 10.9. The number of halogens is 2. The second-order valence-electron chi connectivity index (χ2n) is 9.05. The molecule has 4 rings (SSSR count). The summed E-state index contributed by atoms with van der Waals surface area (Å²) in [6.07, 6.45) is 8.13. The van der Waals surface area contributed by atoms with Crippen molar-refractivity contribution < 1.29 is 31.8 Å². The third kappa shape index (κ3) is 5.30. The minimum Gasteiger partial charge on any atom is -0.493 e. The molecule has 2 heterocycles. The van der Waals surface area contributed by atoms with E-state index in [0.29, 0.717) is 55.5 Å². The van der Waals surface area contributed by atoms with Crippen LogP contribution in [0.3, 0.4) is 0 Å². The number of benzene rings is 2. The normalized spacial score (nSPS) is 19.2. The van der Waals surface area contributed by atoms with Crippen LogP contribution in [0.5, 0.6) is 5.75 Å². The highest BCUT2D eigenvalue weighted by Crippen LogP contribution is 2.39. The van der Waals surface area contributed by atoms with E-state index in [4.69, 9.17) is 15.9 Å². The average molecular weight is 506 g/mol. The molecule has 1 atom stereocenters. The number of anilines is 1. The van der Waals surface area contributed by atoms with Gasteiger partial charge < -0.3 is 14.6 Å². The van der Waals surface area contributed by atoms with Gasteiger partial charge in [-0.3, -0.25) is 4.31 Å². The van der Waals surface area contributed by atoms with Crippen LogP contribution in [0.1, 0.15) is 42.9 Å². The number of hydrogen-bond acceptors (Lipinski definition) is 5. The summed E-state index contributed by atoms with van der Waals surface area (Å²) in [7, 11) is -4.15. The fraction of sp³-hybridized carbons (Fsp3) is 0.462. The lowest BCUT2D eigenvalue weighted by Gasteiger charge is -2.35. The topological polar surface area (TPSA) is 76.1 Å². The maximum atomic E-state index is 13.9. The van der Waals surface area contributed by atoms with Crippen molar-refractivity contribution in [1.29, 1.82) is 0 Å². The molecule has 0 aromatic heterocycles. The molecule has 1 N–H and O–H groups in total. The Bertz CT molecular complexity index is 1210. The molecule has 2 aliphatic heterocycles. The van der Waals surface area contributed by atoms with Gasteiger partial charge in [0.15, 0.2) is 0 Å². The molecule has 1 saturated heterocycles. The van der Waals surface area contributed by atoms with Crippen LogP contribution in [-0.2, 0) is 33.7 Å². The molecule has 2 aromatic rings. The number of terminal acetylenes is 1. The zero-order chi connectivity index (χ0) is 25.2. The van der Waals surface area contributed by atoms with Crippen molar-refractivity contribution in [2.24, 2.45) is 5.92 Å². The number of nitrogens with zero attached hydrogens (tertiary/aromatic N) is 1. The molecule has 35 heavy (non-hydrogen) atoms. The SMILES string of the molecule is C#C[C@H]1CCc2cc(C(C)(F)F)ccc2N1S(=O)(=O)c1ccc(OCC2CCOCC2)c(CO)c1. The molecule has 6 nitrogen and oxygen atoms in total. The Morgan fingerprint density at radius 1 is 1.20 bits per heavy atom. The van der Waals surface area contributed by atoms with Gasteiger partial charge >= 0.3 is 0 Å². The fourth-order valence-electron chi connectivity index (χ4n) is 4.51. The van der Waals surface area contributed by atoms with Crippen molar-refractivity contribution in [2.45, 2.75) is 56.1 Å². The highest BCUT2D eigenvalue weighted by atomic mass is 32.2. The van der Waals surface area contributed by atoms with Gasteiger partial charge in [-0.1, -0.05) is 12.0 Å². The van der Waals surface area contributed by atoms with Gasteiger partial charge in [0, 0.05) is 31.3 Å². The Morgan fingerprint density at radius 2 is 1.94 bits per heavy atom. The molecule has 0 amide bonds. The average Bonchev–Trinajstić information content (AvgIpc) is 2.86. The third-order valence-corrected chi connectivity index (χ3v) is 8.38. The van der Waals surface area contributed by atoms with E-state index in [1.54, 1.807) is 0 Å². The van der Waals surface area contributed by atoms with Gasteiger partial charge in [0.05, 0.1) is 23.8 Å². The number of hydrogen-bond donors (Lipinski definition) is 1.